The molecule has 2 aliphatic heterocycles. The lowest BCUT2D eigenvalue weighted by Crippen LogP contribution is -2.56. The predicted molar refractivity (Wildman–Crippen MR) is 116 cm³/mol. The van der Waals surface area contributed by atoms with E-state index in [0.717, 1.165) is 5.56 Å². The zero-order chi connectivity index (χ0) is 22.5. The van der Waals surface area contributed by atoms with Crippen molar-refractivity contribution < 1.29 is 19.2 Å². The number of likely N-dealkylation sites (tertiary alicyclic amines) is 1. The molecular weight excluding hydrogens is 394 g/mol. The number of carbonyl (C=O) groups is 4. The molecular formula is C24H25N3O4. The summed E-state index contributed by atoms with van der Waals surface area (Å²) in [5.74, 6) is -3.99. The van der Waals surface area contributed by atoms with Crippen molar-refractivity contribution in [2.45, 2.75) is 12.5 Å². The summed E-state index contributed by atoms with van der Waals surface area (Å²) in [5.41, 5.74) is 0.731. The topological polar surface area (TPSA) is 78.0 Å². The molecule has 160 valence electrons. The number of nitrogens with zero attached hydrogens (tertiary/aromatic N) is 3. The van der Waals surface area contributed by atoms with E-state index in [2.05, 4.69) is 0 Å². The number of aryl methyl sites for hydroxylation is 1. The fourth-order valence-electron chi connectivity index (χ4n) is 4.64. The molecule has 0 radical (unpaired) electrons. The number of likely N-dealkylation sites (N-methyl/N-ethyl adjacent to an activating group) is 2. The molecule has 2 aliphatic rings. The summed E-state index contributed by atoms with van der Waals surface area (Å²) >= 11 is 0. The monoisotopic (exact) mass is 419 g/mol. The zero-order valence-electron chi connectivity index (χ0n) is 18.1. The molecule has 0 aliphatic carbocycles. The first-order valence-corrected chi connectivity index (χ1v) is 10.2. The Hall–Kier alpha value is -3.32. The number of hydrogen-bond acceptors (Lipinski definition) is 5. The van der Waals surface area contributed by atoms with Crippen LogP contribution in [0.25, 0.3) is 0 Å². The van der Waals surface area contributed by atoms with E-state index in [1.165, 1.54) is 9.80 Å². The van der Waals surface area contributed by atoms with E-state index in [1.54, 1.807) is 55.6 Å². The molecule has 1 saturated heterocycles. The maximum absolute atomic E-state index is 13.7. The number of rotatable bonds is 5. The molecule has 7 nitrogen and oxygen atoms in total. The van der Waals surface area contributed by atoms with Gasteiger partial charge in [0.05, 0.1) is 0 Å². The van der Waals surface area contributed by atoms with E-state index >= 15 is 0 Å². The number of para-hydroxylation sites is 1. The predicted octanol–water partition coefficient (Wildman–Crippen LogP) is 1.64. The molecule has 2 aromatic rings. The maximum Gasteiger partial charge on any atom is 0.292 e. The van der Waals surface area contributed by atoms with Gasteiger partial charge in [-0.1, -0.05) is 48.0 Å². The molecule has 0 saturated carbocycles. The normalized spacial score (nSPS) is 22.7. The molecule has 1 spiro atoms. The highest BCUT2D eigenvalue weighted by atomic mass is 16.2. The minimum atomic E-state index is -1.67. The van der Waals surface area contributed by atoms with E-state index in [9.17, 15) is 19.2 Å². The lowest BCUT2D eigenvalue weighted by molar-refractivity contribution is -0.143. The third-order valence-corrected chi connectivity index (χ3v) is 6.24. The first-order valence-electron chi connectivity index (χ1n) is 10.2. The Balaban J connectivity index is 1.94. The third kappa shape index (κ3) is 2.91. The van der Waals surface area contributed by atoms with Crippen molar-refractivity contribution in [1.82, 2.24) is 9.80 Å². The van der Waals surface area contributed by atoms with Crippen LogP contribution in [0.1, 0.15) is 21.5 Å². The summed E-state index contributed by atoms with van der Waals surface area (Å²) in [6, 6.07) is 13.9. The second kappa shape index (κ2) is 7.42. The number of benzene rings is 2. The van der Waals surface area contributed by atoms with Crippen LogP contribution >= 0.6 is 0 Å². The van der Waals surface area contributed by atoms with Gasteiger partial charge in [0.2, 0.25) is 5.78 Å². The molecule has 2 amide bonds. The van der Waals surface area contributed by atoms with Gasteiger partial charge in [0.15, 0.2) is 11.3 Å². The molecule has 2 heterocycles. The lowest BCUT2D eigenvalue weighted by Gasteiger charge is -2.36. The van der Waals surface area contributed by atoms with Crippen LogP contribution in [0.4, 0.5) is 5.69 Å². The molecule has 1 fully saturated rings. The molecule has 7 heteroatoms. The number of hydrogen-bond donors (Lipinski definition) is 0. The minimum absolute atomic E-state index is 0.156. The van der Waals surface area contributed by atoms with E-state index in [0.29, 0.717) is 23.4 Å². The van der Waals surface area contributed by atoms with Crippen LogP contribution in [0.2, 0.25) is 0 Å². The van der Waals surface area contributed by atoms with E-state index < -0.39 is 34.8 Å². The van der Waals surface area contributed by atoms with Gasteiger partial charge < -0.3 is 14.7 Å². The summed E-state index contributed by atoms with van der Waals surface area (Å²) in [6.45, 7) is 2.50. The third-order valence-electron chi connectivity index (χ3n) is 6.24. The molecule has 2 atom stereocenters. The molecule has 0 bridgehead atoms. The zero-order valence-corrected chi connectivity index (χ0v) is 18.1. The van der Waals surface area contributed by atoms with Crippen molar-refractivity contribution in [3.8, 4) is 0 Å². The van der Waals surface area contributed by atoms with E-state index in [-0.39, 0.29) is 6.54 Å². The number of anilines is 1. The quantitative estimate of drug-likeness (QED) is 0.418. The van der Waals surface area contributed by atoms with Gasteiger partial charge >= 0.3 is 0 Å². The number of fused-ring (bicyclic) bond motifs is 2. The smallest absolute Gasteiger partial charge is 0.292 e. The summed E-state index contributed by atoms with van der Waals surface area (Å²) in [5, 5.41) is 0. The highest BCUT2D eigenvalue weighted by Crippen LogP contribution is 2.52. The highest BCUT2D eigenvalue weighted by molar-refractivity contribution is 6.46. The van der Waals surface area contributed by atoms with E-state index in [4.69, 9.17) is 0 Å². The summed E-state index contributed by atoms with van der Waals surface area (Å²) in [6.07, 6.45) is 0. The van der Waals surface area contributed by atoms with Crippen molar-refractivity contribution in [3.63, 3.8) is 0 Å². The first-order chi connectivity index (χ1) is 14.7. The SMILES string of the molecule is Cc1ccc(C(=O)C2C(=O)C(=O)N(CCN(C)C)C23C(=O)N(C)c2ccccc23)cc1. The van der Waals surface area contributed by atoms with Gasteiger partial charge in [0.1, 0.15) is 5.92 Å². The maximum atomic E-state index is 13.7. The molecule has 4 rings (SSSR count). The Kier molecular flexibility index (Phi) is 5.01. The second-order valence-corrected chi connectivity index (χ2v) is 8.44. The molecule has 0 aromatic heterocycles. The standard InChI is InChI=1S/C24H25N3O4/c1-15-9-11-16(12-10-15)20(28)19-21(29)22(30)27(14-13-25(2)3)24(19)17-7-5-6-8-18(17)26(4)23(24)31/h5-12,19H,13-14H2,1-4H3. The van der Waals surface area contributed by atoms with Gasteiger partial charge in [-0.3, -0.25) is 19.2 Å². The summed E-state index contributed by atoms with van der Waals surface area (Å²) in [4.78, 5) is 58.5. The van der Waals surface area contributed by atoms with Crippen LogP contribution < -0.4 is 4.90 Å². The van der Waals surface area contributed by atoms with Crippen molar-refractivity contribution >= 4 is 29.1 Å². The van der Waals surface area contributed by atoms with Gasteiger partial charge in [-0.15, -0.1) is 0 Å². The molecule has 0 N–H and O–H groups in total. The Morgan fingerprint density at radius 2 is 1.68 bits per heavy atom. The van der Waals surface area contributed by atoms with Crippen LogP contribution in [0.5, 0.6) is 0 Å². The van der Waals surface area contributed by atoms with Gasteiger partial charge in [0, 0.05) is 37.0 Å². The second-order valence-electron chi connectivity index (χ2n) is 8.44. The fraction of sp³-hybridized carbons (Fsp3) is 0.333. The highest BCUT2D eigenvalue weighted by Gasteiger charge is 2.69. The number of ketones is 2. The van der Waals surface area contributed by atoms with E-state index in [1.807, 2.05) is 25.9 Å². The van der Waals surface area contributed by atoms with Gasteiger partial charge in [0.25, 0.3) is 11.8 Å². The average Bonchev–Trinajstić information content (AvgIpc) is 3.11. The number of amides is 2. The van der Waals surface area contributed by atoms with Crippen molar-refractivity contribution in [3.05, 3.63) is 65.2 Å². The van der Waals surface area contributed by atoms with Gasteiger partial charge in [-0.2, -0.15) is 0 Å². The van der Waals surface area contributed by atoms with Gasteiger partial charge in [-0.05, 0) is 27.1 Å². The number of Topliss-reactive ketones (excluding diaryl/α,β-unsaturated/α-hetero) is 2. The summed E-state index contributed by atoms with van der Waals surface area (Å²) in [7, 11) is 5.31. The molecule has 31 heavy (non-hydrogen) atoms. The Labute approximate surface area is 181 Å². The van der Waals surface area contributed by atoms with Crippen LogP contribution in [0.15, 0.2) is 48.5 Å². The number of carbonyl (C=O) groups excluding carboxylic acids is 4. The average molecular weight is 419 g/mol. The van der Waals surface area contributed by atoms with Crippen LogP contribution in [0.3, 0.4) is 0 Å². The van der Waals surface area contributed by atoms with Crippen molar-refractivity contribution in [2.24, 2.45) is 5.92 Å². The van der Waals surface area contributed by atoms with Gasteiger partial charge in [-0.25, -0.2) is 0 Å². The largest absolute Gasteiger partial charge is 0.315 e. The molecule has 2 aromatic carbocycles. The fourth-order valence-corrected chi connectivity index (χ4v) is 4.64. The molecule has 2 unspecified atom stereocenters. The Bertz CT molecular complexity index is 1090. The Morgan fingerprint density at radius 3 is 2.32 bits per heavy atom. The Morgan fingerprint density at radius 1 is 1.03 bits per heavy atom. The van der Waals surface area contributed by atoms with Crippen LogP contribution in [-0.4, -0.2) is 67.4 Å². The minimum Gasteiger partial charge on any atom is -0.315 e. The van der Waals surface area contributed by atoms with Crippen molar-refractivity contribution in [2.75, 3.05) is 39.1 Å². The lowest BCUT2D eigenvalue weighted by atomic mass is 9.75. The first kappa shape index (κ1) is 20.9. The van der Waals surface area contributed by atoms with Crippen LogP contribution in [0, 0.1) is 12.8 Å². The van der Waals surface area contributed by atoms with Crippen LogP contribution in [-0.2, 0) is 19.9 Å². The van der Waals surface area contributed by atoms with Crippen molar-refractivity contribution in [1.29, 1.82) is 0 Å². The summed E-state index contributed by atoms with van der Waals surface area (Å²) < 4.78 is 0.